The summed E-state index contributed by atoms with van der Waals surface area (Å²) < 4.78 is 5.93. The molecule has 19 heavy (non-hydrogen) atoms. The van der Waals surface area contributed by atoms with Crippen molar-refractivity contribution in [2.75, 3.05) is 19.7 Å². The number of morpholine rings is 1. The molecule has 0 amide bonds. The molecule has 0 aromatic heterocycles. The van der Waals surface area contributed by atoms with E-state index in [1.807, 2.05) is 26.0 Å². The van der Waals surface area contributed by atoms with Crippen molar-refractivity contribution in [1.29, 1.82) is 0 Å². The van der Waals surface area contributed by atoms with E-state index in [2.05, 4.69) is 12.2 Å². The Balaban J connectivity index is 2.39. The van der Waals surface area contributed by atoms with Crippen LogP contribution in [0.2, 0.25) is 0 Å². The summed E-state index contributed by atoms with van der Waals surface area (Å²) in [6.07, 6.45) is 4.58. The number of rotatable bonds is 3. The fraction of sp³-hybridized carbons (Fsp3) is 0.667. The summed E-state index contributed by atoms with van der Waals surface area (Å²) in [6.45, 7) is 8.41. The van der Waals surface area contributed by atoms with Gasteiger partial charge in [-0.3, -0.25) is 4.79 Å². The highest BCUT2D eigenvalue weighted by atomic mass is 32.1. The number of thiol groups is 1. The smallest absolute Gasteiger partial charge is 0.140 e. The number of carbonyl (C=O) groups is 1. The van der Waals surface area contributed by atoms with Crippen molar-refractivity contribution in [1.82, 2.24) is 5.32 Å². The number of ketones is 1. The highest BCUT2D eigenvalue weighted by Crippen LogP contribution is 2.48. The molecule has 3 atom stereocenters. The van der Waals surface area contributed by atoms with Crippen LogP contribution < -0.4 is 5.32 Å². The summed E-state index contributed by atoms with van der Waals surface area (Å²) in [7, 11) is 0. The van der Waals surface area contributed by atoms with Gasteiger partial charge in [0.1, 0.15) is 5.78 Å². The van der Waals surface area contributed by atoms with Gasteiger partial charge in [0.15, 0.2) is 0 Å². The van der Waals surface area contributed by atoms with Gasteiger partial charge in [0.25, 0.3) is 0 Å². The molecule has 4 heteroatoms. The van der Waals surface area contributed by atoms with Gasteiger partial charge < -0.3 is 10.1 Å². The van der Waals surface area contributed by atoms with E-state index in [-0.39, 0.29) is 23.2 Å². The monoisotopic (exact) mass is 281 g/mol. The molecule has 0 aromatic carbocycles. The lowest BCUT2D eigenvalue weighted by Gasteiger charge is -2.46. The highest BCUT2D eigenvalue weighted by molar-refractivity contribution is 7.84. The zero-order valence-electron chi connectivity index (χ0n) is 11.9. The van der Waals surface area contributed by atoms with E-state index in [4.69, 9.17) is 17.4 Å². The van der Waals surface area contributed by atoms with E-state index in [0.29, 0.717) is 13.0 Å². The van der Waals surface area contributed by atoms with Gasteiger partial charge in [-0.25, -0.2) is 0 Å². The molecular formula is C15H23NO2S. The van der Waals surface area contributed by atoms with Crippen molar-refractivity contribution in [2.45, 2.75) is 33.3 Å². The third-order valence-electron chi connectivity index (χ3n) is 4.36. The van der Waals surface area contributed by atoms with E-state index < -0.39 is 0 Å². The second kappa shape index (κ2) is 5.81. The molecule has 2 rings (SSSR count). The van der Waals surface area contributed by atoms with Crippen LogP contribution in [0.15, 0.2) is 22.6 Å². The number of allylic oxidation sites excluding steroid dienone is 3. The molecule has 3 nitrogen and oxygen atoms in total. The third-order valence-corrected chi connectivity index (χ3v) is 5.19. The molecule has 0 bridgehead atoms. The standard InChI is InChI=1S/C15H23NO2S/c1-4-12(17)11-6-5-10(2)14(19)15(11,3)13-9-16-7-8-18-13/h5-6,11,13,16,19H,4,7-9H2,1-3H3. The van der Waals surface area contributed by atoms with Crippen LogP contribution in [0.3, 0.4) is 0 Å². The predicted octanol–water partition coefficient (Wildman–Crippen LogP) is 2.35. The van der Waals surface area contributed by atoms with Crippen molar-refractivity contribution in [3.05, 3.63) is 22.6 Å². The van der Waals surface area contributed by atoms with Crippen LogP contribution in [0, 0.1) is 11.3 Å². The lowest BCUT2D eigenvalue weighted by molar-refractivity contribution is -0.128. The molecule has 1 heterocycles. The Kier molecular flexibility index (Phi) is 4.54. The summed E-state index contributed by atoms with van der Waals surface area (Å²) in [5.74, 6) is 0.116. The zero-order valence-corrected chi connectivity index (χ0v) is 12.8. The van der Waals surface area contributed by atoms with Crippen LogP contribution in [0.5, 0.6) is 0 Å². The first-order valence-electron chi connectivity index (χ1n) is 6.95. The van der Waals surface area contributed by atoms with Crippen LogP contribution in [0.1, 0.15) is 27.2 Å². The van der Waals surface area contributed by atoms with E-state index in [9.17, 15) is 4.79 Å². The van der Waals surface area contributed by atoms with Gasteiger partial charge in [-0.15, -0.1) is 12.6 Å². The highest BCUT2D eigenvalue weighted by Gasteiger charge is 2.48. The number of nitrogens with one attached hydrogen (secondary N) is 1. The van der Waals surface area contributed by atoms with Crippen LogP contribution in [-0.2, 0) is 9.53 Å². The molecule has 0 radical (unpaired) electrons. The minimum atomic E-state index is -0.359. The minimum absolute atomic E-state index is 0.00542. The lowest BCUT2D eigenvalue weighted by atomic mass is 9.66. The topological polar surface area (TPSA) is 38.3 Å². The van der Waals surface area contributed by atoms with Crippen molar-refractivity contribution in [3.8, 4) is 0 Å². The van der Waals surface area contributed by atoms with Gasteiger partial charge in [-0.2, -0.15) is 0 Å². The van der Waals surface area contributed by atoms with Gasteiger partial charge in [0.05, 0.1) is 12.7 Å². The Morgan fingerprint density at radius 1 is 1.63 bits per heavy atom. The summed E-state index contributed by atoms with van der Waals surface area (Å²) >= 11 is 4.71. The normalized spacial score (nSPS) is 35.6. The number of hydrogen-bond donors (Lipinski definition) is 2. The summed E-state index contributed by atoms with van der Waals surface area (Å²) in [4.78, 5) is 13.3. The molecule has 1 saturated heterocycles. The first kappa shape index (κ1) is 14.8. The lowest BCUT2D eigenvalue weighted by Crippen LogP contribution is -2.53. The quantitative estimate of drug-likeness (QED) is 0.780. The first-order chi connectivity index (χ1) is 9.01. The van der Waals surface area contributed by atoms with E-state index in [1.54, 1.807) is 0 Å². The molecule has 1 N–H and O–H groups in total. The molecule has 3 unspecified atom stereocenters. The molecule has 0 spiro atoms. The number of ether oxygens (including phenoxy) is 1. The predicted molar refractivity (Wildman–Crippen MR) is 80.3 cm³/mol. The molecule has 1 aliphatic carbocycles. The Labute approximate surface area is 120 Å². The molecule has 2 aliphatic rings. The van der Waals surface area contributed by atoms with Crippen molar-refractivity contribution >= 4 is 18.4 Å². The number of hydrogen-bond acceptors (Lipinski definition) is 4. The van der Waals surface area contributed by atoms with E-state index >= 15 is 0 Å². The number of carbonyl (C=O) groups excluding carboxylic acids is 1. The SMILES string of the molecule is CCC(=O)C1C=CC(C)=C(S)C1(C)C1CNCCO1. The number of Topliss-reactive ketones (excluding diaryl/α,β-unsaturated/α-hetero) is 1. The summed E-state index contributed by atoms with van der Waals surface area (Å²) in [5.41, 5.74) is 0.766. The Bertz CT molecular complexity index is 424. The molecule has 106 valence electrons. The molecular weight excluding hydrogens is 258 g/mol. The maximum Gasteiger partial charge on any atom is 0.140 e. The minimum Gasteiger partial charge on any atom is -0.375 e. The fourth-order valence-corrected chi connectivity index (χ4v) is 3.41. The second-order valence-corrected chi connectivity index (χ2v) is 5.98. The maximum absolute atomic E-state index is 12.3. The van der Waals surface area contributed by atoms with Crippen LogP contribution in [-0.4, -0.2) is 31.6 Å². The van der Waals surface area contributed by atoms with E-state index in [0.717, 1.165) is 23.6 Å². The average molecular weight is 281 g/mol. The van der Waals surface area contributed by atoms with Crippen molar-refractivity contribution in [3.63, 3.8) is 0 Å². The van der Waals surface area contributed by atoms with Gasteiger partial charge in [-0.1, -0.05) is 26.0 Å². The summed E-state index contributed by atoms with van der Waals surface area (Å²) in [5, 5.41) is 3.35. The third kappa shape index (κ3) is 2.54. The maximum atomic E-state index is 12.3. The second-order valence-electron chi connectivity index (χ2n) is 5.53. The first-order valence-corrected chi connectivity index (χ1v) is 7.40. The Hall–Kier alpha value is -0.580. The fourth-order valence-electron chi connectivity index (χ4n) is 3.06. The van der Waals surface area contributed by atoms with Gasteiger partial charge in [-0.05, 0) is 17.4 Å². The van der Waals surface area contributed by atoms with Crippen LogP contribution in [0.25, 0.3) is 0 Å². The molecule has 1 aliphatic heterocycles. The molecule has 0 saturated carbocycles. The van der Waals surface area contributed by atoms with Crippen molar-refractivity contribution < 1.29 is 9.53 Å². The van der Waals surface area contributed by atoms with Gasteiger partial charge in [0.2, 0.25) is 0 Å². The molecule has 1 fully saturated rings. The van der Waals surface area contributed by atoms with E-state index in [1.165, 1.54) is 0 Å². The van der Waals surface area contributed by atoms with Crippen LogP contribution >= 0.6 is 12.6 Å². The Morgan fingerprint density at radius 3 is 2.95 bits per heavy atom. The Morgan fingerprint density at radius 2 is 2.37 bits per heavy atom. The van der Waals surface area contributed by atoms with Crippen molar-refractivity contribution in [2.24, 2.45) is 11.3 Å². The molecule has 0 aromatic rings. The zero-order chi connectivity index (χ0) is 14.0. The van der Waals surface area contributed by atoms with Gasteiger partial charge >= 0.3 is 0 Å². The van der Waals surface area contributed by atoms with Gasteiger partial charge in [0, 0.05) is 30.8 Å². The average Bonchev–Trinajstić information content (AvgIpc) is 2.45. The largest absolute Gasteiger partial charge is 0.375 e. The summed E-state index contributed by atoms with van der Waals surface area (Å²) in [6, 6.07) is 0. The van der Waals surface area contributed by atoms with Crippen LogP contribution in [0.4, 0.5) is 0 Å².